The minimum atomic E-state index is -4.23. The number of amides is 1. The fraction of sp³-hybridized carbons (Fsp3) is 0.733. The molecule has 0 radical (unpaired) electrons. The number of piperidine rings is 1. The third-order valence-corrected chi connectivity index (χ3v) is 5.86. The number of fused-ring (bicyclic) bond motifs is 1. The van der Waals surface area contributed by atoms with Gasteiger partial charge in [0.25, 0.3) is 5.91 Å². The highest BCUT2D eigenvalue weighted by molar-refractivity contribution is 5.93. The zero-order chi connectivity index (χ0) is 16.3. The maximum absolute atomic E-state index is 13.3. The molecule has 0 aromatic carbocycles. The van der Waals surface area contributed by atoms with Gasteiger partial charge in [0, 0.05) is 31.2 Å². The second-order valence-corrected chi connectivity index (χ2v) is 7.12. The molecule has 1 aliphatic heterocycles. The van der Waals surface area contributed by atoms with Crippen molar-refractivity contribution < 1.29 is 18.0 Å². The molecule has 2 aliphatic carbocycles. The van der Waals surface area contributed by atoms with Crippen molar-refractivity contribution in [2.45, 2.75) is 37.9 Å². The SMILES string of the molecule is O=C(NC[C@]12CNC[C@@]1(C(F)(F)F)C2)c1cnn(C2CCC2)c1. The highest BCUT2D eigenvalue weighted by Crippen LogP contribution is 2.72. The molecule has 126 valence electrons. The van der Waals surface area contributed by atoms with E-state index in [-0.39, 0.29) is 25.4 Å². The molecular formula is C15H19F3N4O. The lowest BCUT2D eigenvalue weighted by Crippen LogP contribution is -2.37. The van der Waals surface area contributed by atoms with Gasteiger partial charge in [-0.1, -0.05) is 0 Å². The molecule has 2 atom stereocenters. The van der Waals surface area contributed by atoms with Crippen LogP contribution in [-0.2, 0) is 0 Å². The van der Waals surface area contributed by atoms with E-state index < -0.39 is 17.0 Å². The predicted molar refractivity (Wildman–Crippen MR) is 75.9 cm³/mol. The van der Waals surface area contributed by atoms with Gasteiger partial charge in [-0.25, -0.2) is 0 Å². The Labute approximate surface area is 131 Å². The third kappa shape index (κ3) is 2.10. The number of nitrogens with one attached hydrogen (secondary N) is 2. The molecule has 1 saturated heterocycles. The van der Waals surface area contributed by atoms with Gasteiger partial charge in [-0.15, -0.1) is 0 Å². The molecule has 0 spiro atoms. The lowest BCUT2D eigenvalue weighted by atomic mass is 9.93. The number of nitrogens with zero attached hydrogens (tertiary/aromatic N) is 2. The van der Waals surface area contributed by atoms with Crippen LogP contribution in [0.25, 0.3) is 0 Å². The number of halogens is 3. The first kappa shape index (κ1) is 15.0. The van der Waals surface area contributed by atoms with Crippen LogP contribution < -0.4 is 10.6 Å². The first-order chi connectivity index (χ1) is 10.9. The minimum Gasteiger partial charge on any atom is -0.351 e. The molecule has 2 heterocycles. The summed E-state index contributed by atoms with van der Waals surface area (Å²) in [6.45, 7) is 0.299. The summed E-state index contributed by atoms with van der Waals surface area (Å²) >= 11 is 0. The number of hydrogen-bond donors (Lipinski definition) is 2. The van der Waals surface area contributed by atoms with Gasteiger partial charge < -0.3 is 10.6 Å². The van der Waals surface area contributed by atoms with E-state index in [2.05, 4.69) is 15.7 Å². The zero-order valence-electron chi connectivity index (χ0n) is 12.6. The Bertz CT molecular complexity index is 639. The normalized spacial score (nSPS) is 33.2. The lowest BCUT2D eigenvalue weighted by Gasteiger charge is -2.25. The Kier molecular flexibility index (Phi) is 3.07. The zero-order valence-corrected chi connectivity index (χ0v) is 12.6. The van der Waals surface area contributed by atoms with Crippen molar-refractivity contribution in [1.29, 1.82) is 0 Å². The summed E-state index contributed by atoms with van der Waals surface area (Å²) in [5, 5.41) is 9.68. The van der Waals surface area contributed by atoms with Gasteiger partial charge in [-0.05, 0) is 25.7 Å². The van der Waals surface area contributed by atoms with Gasteiger partial charge in [0.2, 0.25) is 0 Å². The van der Waals surface area contributed by atoms with Crippen LogP contribution in [0.1, 0.15) is 42.1 Å². The molecule has 2 N–H and O–H groups in total. The Morgan fingerprint density at radius 3 is 2.83 bits per heavy atom. The highest BCUT2D eigenvalue weighted by atomic mass is 19.4. The average Bonchev–Trinajstić information content (AvgIpc) is 2.77. The summed E-state index contributed by atoms with van der Waals surface area (Å²) in [6.07, 6.45) is 2.34. The summed E-state index contributed by atoms with van der Waals surface area (Å²) in [6, 6.07) is 0.357. The summed E-state index contributed by atoms with van der Waals surface area (Å²) < 4.78 is 41.5. The van der Waals surface area contributed by atoms with E-state index in [4.69, 9.17) is 0 Å². The van der Waals surface area contributed by atoms with Crippen molar-refractivity contribution in [2.24, 2.45) is 10.8 Å². The standard InChI is InChI=1S/C15H19F3N4O/c16-15(17,18)14-6-13(14,7-19-9-14)8-20-12(23)10-4-21-22(5-10)11-2-1-3-11/h4-5,11,19H,1-3,6-9H2,(H,20,23)/t13-,14-/m0/s1. The maximum atomic E-state index is 13.3. The third-order valence-electron chi connectivity index (χ3n) is 5.86. The predicted octanol–water partition coefficient (Wildman–Crippen LogP) is 1.88. The van der Waals surface area contributed by atoms with E-state index in [1.165, 1.54) is 12.6 Å². The first-order valence-electron chi connectivity index (χ1n) is 7.97. The molecule has 1 aromatic rings. The van der Waals surface area contributed by atoms with Crippen LogP contribution in [0, 0.1) is 10.8 Å². The Hall–Kier alpha value is -1.57. The number of aromatic nitrogens is 2. The molecule has 0 unspecified atom stereocenters. The molecule has 5 nitrogen and oxygen atoms in total. The van der Waals surface area contributed by atoms with Gasteiger partial charge >= 0.3 is 6.18 Å². The number of alkyl halides is 3. The van der Waals surface area contributed by atoms with Crippen LogP contribution in [0.5, 0.6) is 0 Å². The fourth-order valence-corrected chi connectivity index (χ4v) is 3.98. The van der Waals surface area contributed by atoms with Crippen LogP contribution >= 0.6 is 0 Å². The summed E-state index contributed by atoms with van der Waals surface area (Å²) in [7, 11) is 0. The van der Waals surface area contributed by atoms with Gasteiger partial charge in [0.15, 0.2) is 0 Å². The van der Waals surface area contributed by atoms with Crippen molar-refractivity contribution in [3.63, 3.8) is 0 Å². The molecule has 1 amide bonds. The van der Waals surface area contributed by atoms with Crippen LogP contribution in [0.3, 0.4) is 0 Å². The molecule has 3 fully saturated rings. The summed E-state index contributed by atoms with van der Waals surface area (Å²) in [5.41, 5.74) is -2.13. The topological polar surface area (TPSA) is 59.0 Å². The van der Waals surface area contributed by atoms with Gasteiger partial charge in [0.1, 0.15) is 0 Å². The van der Waals surface area contributed by atoms with E-state index in [1.54, 1.807) is 10.9 Å². The molecule has 2 saturated carbocycles. The van der Waals surface area contributed by atoms with Gasteiger partial charge in [-0.3, -0.25) is 9.48 Å². The van der Waals surface area contributed by atoms with E-state index >= 15 is 0 Å². The Morgan fingerprint density at radius 1 is 1.43 bits per heavy atom. The Morgan fingerprint density at radius 2 is 2.22 bits per heavy atom. The van der Waals surface area contributed by atoms with E-state index in [0.717, 1.165) is 12.8 Å². The fourth-order valence-electron chi connectivity index (χ4n) is 3.98. The molecule has 4 rings (SSSR count). The van der Waals surface area contributed by atoms with Crippen molar-refractivity contribution >= 4 is 5.91 Å². The lowest BCUT2D eigenvalue weighted by molar-refractivity contribution is -0.190. The van der Waals surface area contributed by atoms with Gasteiger partial charge in [0.05, 0.1) is 23.2 Å². The molecule has 0 bridgehead atoms. The van der Waals surface area contributed by atoms with Crippen molar-refractivity contribution in [3.8, 4) is 0 Å². The van der Waals surface area contributed by atoms with Crippen molar-refractivity contribution in [3.05, 3.63) is 18.0 Å². The molecular weight excluding hydrogens is 309 g/mol. The Balaban J connectivity index is 1.40. The van der Waals surface area contributed by atoms with Crippen LogP contribution in [-0.4, -0.2) is 41.5 Å². The number of rotatable bonds is 4. The number of carbonyl (C=O) groups is 1. The van der Waals surface area contributed by atoms with E-state index in [9.17, 15) is 18.0 Å². The number of hydrogen-bond acceptors (Lipinski definition) is 3. The van der Waals surface area contributed by atoms with Crippen molar-refractivity contribution in [2.75, 3.05) is 19.6 Å². The molecule has 1 aromatic heterocycles. The smallest absolute Gasteiger partial charge is 0.351 e. The first-order valence-corrected chi connectivity index (χ1v) is 7.97. The van der Waals surface area contributed by atoms with Gasteiger partial charge in [-0.2, -0.15) is 18.3 Å². The molecule has 23 heavy (non-hydrogen) atoms. The van der Waals surface area contributed by atoms with E-state index in [1.807, 2.05) is 0 Å². The quantitative estimate of drug-likeness (QED) is 0.887. The summed E-state index contributed by atoms with van der Waals surface area (Å²) in [5.74, 6) is -0.347. The van der Waals surface area contributed by atoms with Crippen molar-refractivity contribution in [1.82, 2.24) is 20.4 Å². The van der Waals surface area contributed by atoms with Crippen LogP contribution in [0.15, 0.2) is 12.4 Å². The highest BCUT2D eigenvalue weighted by Gasteiger charge is 2.81. The molecule has 8 heteroatoms. The second-order valence-electron chi connectivity index (χ2n) is 7.12. The maximum Gasteiger partial charge on any atom is 0.396 e. The monoisotopic (exact) mass is 328 g/mol. The van der Waals surface area contributed by atoms with E-state index in [0.29, 0.717) is 18.2 Å². The minimum absolute atomic E-state index is 0.0486. The van der Waals surface area contributed by atoms with Crippen LogP contribution in [0.4, 0.5) is 13.2 Å². The average molecular weight is 328 g/mol. The largest absolute Gasteiger partial charge is 0.396 e. The number of carbonyl (C=O) groups excluding carboxylic acids is 1. The van der Waals surface area contributed by atoms with Crippen LogP contribution in [0.2, 0.25) is 0 Å². The summed E-state index contributed by atoms with van der Waals surface area (Å²) in [4.78, 5) is 12.2. The second kappa shape index (κ2) is 4.72. The molecule has 3 aliphatic rings.